The molecule has 2 N–H and O–H groups in total. The minimum Gasteiger partial charge on any atom is -0.367 e. The van der Waals surface area contributed by atoms with Crippen LogP contribution in [0.15, 0.2) is 47.0 Å². The Kier molecular flexibility index (Phi) is 3.39. The Balaban J connectivity index is 2.19. The van der Waals surface area contributed by atoms with Gasteiger partial charge in [0.15, 0.2) is 0 Å². The molecule has 0 bridgehead atoms. The summed E-state index contributed by atoms with van der Waals surface area (Å²) in [5.41, 5.74) is 8.92. The highest BCUT2D eigenvalue weighted by atomic mass is 35.5. The fourth-order valence-corrected chi connectivity index (χ4v) is 2.35. The number of nitrogen functional groups attached to an aromatic ring is 1. The van der Waals surface area contributed by atoms with E-state index in [1.54, 1.807) is 31.2 Å². The van der Waals surface area contributed by atoms with E-state index in [4.69, 9.17) is 21.9 Å². The lowest BCUT2D eigenvalue weighted by Gasteiger charge is -2.04. The van der Waals surface area contributed by atoms with Crippen LogP contribution in [0.1, 0.15) is 5.56 Å². The molecule has 3 aromatic rings. The smallest absolute Gasteiger partial charge is 0.230 e. The van der Waals surface area contributed by atoms with Crippen molar-refractivity contribution in [3.63, 3.8) is 0 Å². The van der Waals surface area contributed by atoms with E-state index in [0.717, 1.165) is 5.56 Å². The number of rotatable bonds is 2. The Hall–Kier alpha value is -2.33. The summed E-state index contributed by atoms with van der Waals surface area (Å²) >= 11 is 6.01. The van der Waals surface area contributed by atoms with Crippen molar-refractivity contribution >= 4 is 17.5 Å². The van der Waals surface area contributed by atoms with E-state index in [2.05, 4.69) is 5.16 Å². The molecule has 0 aliphatic carbocycles. The highest BCUT2D eigenvalue weighted by Crippen LogP contribution is 2.37. The molecule has 0 saturated heterocycles. The van der Waals surface area contributed by atoms with E-state index in [0.29, 0.717) is 27.4 Å². The Morgan fingerprint density at radius 3 is 2.67 bits per heavy atom. The summed E-state index contributed by atoms with van der Waals surface area (Å²) in [6.45, 7) is 1.70. The summed E-state index contributed by atoms with van der Waals surface area (Å²) in [5, 5.41) is 4.53. The Bertz CT molecular complexity index is 814. The third kappa shape index (κ3) is 2.50. The van der Waals surface area contributed by atoms with Crippen molar-refractivity contribution in [3.8, 4) is 22.4 Å². The first kappa shape index (κ1) is 13.6. The summed E-state index contributed by atoms with van der Waals surface area (Å²) in [6, 6.07) is 12.1. The van der Waals surface area contributed by atoms with Crippen LogP contribution in [-0.2, 0) is 0 Å². The van der Waals surface area contributed by atoms with E-state index in [-0.39, 0.29) is 11.7 Å². The van der Waals surface area contributed by atoms with Gasteiger partial charge in [-0.2, -0.15) is 0 Å². The van der Waals surface area contributed by atoms with E-state index >= 15 is 0 Å². The normalized spacial score (nSPS) is 10.8. The van der Waals surface area contributed by atoms with Gasteiger partial charge in [-0.3, -0.25) is 0 Å². The number of hydrogen-bond donors (Lipinski definition) is 1. The molecule has 2 aromatic carbocycles. The van der Waals surface area contributed by atoms with Crippen molar-refractivity contribution in [1.29, 1.82) is 0 Å². The molecule has 3 nitrogen and oxygen atoms in total. The number of hydrogen-bond acceptors (Lipinski definition) is 3. The van der Waals surface area contributed by atoms with Gasteiger partial charge in [0.05, 0.1) is 5.56 Å². The molecule has 21 heavy (non-hydrogen) atoms. The Morgan fingerprint density at radius 2 is 1.95 bits per heavy atom. The van der Waals surface area contributed by atoms with Crippen LogP contribution in [0.2, 0.25) is 5.02 Å². The SMILES string of the molecule is Cc1ccc(-c2noc(N)c2-c2cccc(Cl)c2)cc1F. The van der Waals surface area contributed by atoms with Crippen LogP contribution >= 0.6 is 11.6 Å². The minimum absolute atomic E-state index is 0.174. The molecule has 0 atom stereocenters. The molecule has 0 fully saturated rings. The molecule has 3 rings (SSSR count). The summed E-state index contributed by atoms with van der Waals surface area (Å²) in [7, 11) is 0. The monoisotopic (exact) mass is 302 g/mol. The lowest BCUT2D eigenvalue weighted by molar-refractivity contribution is 0.439. The molecule has 0 radical (unpaired) electrons. The van der Waals surface area contributed by atoms with E-state index in [9.17, 15) is 4.39 Å². The quantitative estimate of drug-likeness (QED) is 0.747. The van der Waals surface area contributed by atoms with Crippen molar-refractivity contribution in [3.05, 3.63) is 58.9 Å². The van der Waals surface area contributed by atoms with Crippen LogP contribution in [-0.4, -0.2) is 5.16 Å². The third-order valence-corrected chi connectivity index (χ3v) is 3.51. The van der Waals surface area contributed by atoms with Crippen LogP contribution < -0.4 is 5.73 Å². The second-order valence-corrected chi connectivity index (χ2v) is 5.18. The van der Waals surface area contributed by atoms with Gasteiger partial charge >= 0.3 is 0 Å². The zero-order chi connectivity index (χ0) is 15.0. The molecular formula is C16H12ClFN2O. The van der Waals surface area contributed by atoms with Gasteiger partial charge in [-0.15, -0.1) is 0 Å². The van der Waals surface area contributed by atoms with E-state index in [1.165, 1.54) is 6.07 Å². The maximum atomic E-state index is 13.8. The number of halogens is 2. The average Bonchev–Trinajstić information content (AvgIpc) is 2.84. The topological polar surface area (TPSA) is 52.0 Å². The molecule has 106 valence electrons. The molecule has 0 spiro atoms. The number of aryl methyl sites for hydroxylation is 1. The predicted molar refractivity (Wildman–Crippen MR) is 81.5 cm³/mol. The molecule has 0 unspecified atom stereocenters. The fourth-order valence-electron chi connectivity index (χ4n) is 2.16. The summed E-state index contributed by atoms with van der Waals surface area (Å²) in [4.78, 5) is 0. The van der Waals surface area contributed by atoms with Crippen LogP contribution in [0.3, 0.4) is 0 Å². The third-order valence-electron chi connectivity index (χ3n) is 3.28. The zero-order valence-electron chi connectivity index (χ0n) is 11.2. The maximum Gasteiger partial charge on any atom is 0.230 e. The van der Waals surface area contributed by atoms with Gasteiger partial charge in [0.25, 0.3) is 0 Å². The van der Waals surface area contributed by atoms with Gasteiger partial charge in [-0.05, 0) is 36.2 Å². The second-order valence-electron chi connectivity index (χ2n) is 4.74. The summed E-state index contributed by atoms with van der Waals surface area (Å²) < 4.78 is 18.8. The number of anilines is 1. The second kappa shape index (κ2) is 5.22. The van der Waals surface area contributed by atoms with Crippen LogP contribution in [0.25, 0.3) is 22.4 Å². The lowest BCUT2D eigenvalue weighted by Crippen LogP contribution is -1.89. The van der Waals surface area contributed by atoms with Crippen molar-refractivity contribution in [1.82, 2.24) is 5.16 Å². The van der Waals surface area contributed by atoms with Crippen molar-refractivity contribution in [2.75, 3.05) is 5.73 Å². The Labute approximate surface area is 126 Å². The maximum absolute atomic E-state index is 13.8. The first-order chi connectivity index (χ1) is 10.1. The van der Waals surface area contributed by atoms with Crippen LogP contribution in [0, 0.1) is 12.7 Å². The van der Waals surface area contributed by atoms with Gasteiger partial charge in [0.1, 0.15) is 11.5 Å². The van der Waals surface area contributed by atoms with E-state index < -0.39 is 0 Å². The zero-order valence-corrected chi connectivity index (χ0v) is 12.0. The molecule has 0 aliphatic rings. The first-order valence-electron chi connectivity index (χ1n) is 6.34. The minimum atomic E-state index is -0.300. The predicted octanol–water partition coefficient (Wildman–Crippen LogP) is 4.69. The highest BCUT2D eigenvalue weighted by molar-refractivity contribution is 6.30. The molecule has 5 heteroatoms. The molecule has 1 aromatic heterocycles. The number of nitrogens with two attached hydrogens (primary N) is 1. The molecule has 0 amide bonds. The fraction of sp³-hybridized carbons (Fsp3) is 0.0625. The Morgan fingerprint density at radius 1 is 1.14 bits per heavy atom. The highest BCUT2D eigenvalue weighted by Gasteiger charge is 2.18. The summed E-state index contributed by atoms with van der Waals surface area (Å²) in [5.74, 6) is -0.126. The van der Waals surface area contributed by atoms with Gasteiger partial charge < -0.3 is 10.3 Å². The summed E-state index contributed by atoms with van der Waals surface area (Å²) in [6.07, 6.45) is 0. The van der Waals surface area contributed by atoms with Gasteiger partial charge in [0.2, 0.25) is 5.88 Å². The largest absolute Gasteiger partial charge is 0.367 e. The van der Waals surface area contributed by atoms with Crippen molar-refractivity contribution < 1.29 is 8.91 Å². The molecule has 0 saturated carbocycles. The lowest BCUT2D eigenvalue weighted by atomic mass is 10.00. The number of nitrogens with zero attached hydrogens (tertiary/aromatic N) is 1. The molecule has 0 aliphatic heterocycles. The van der Waals surface area contributed by atoms with Gasteiger partial charge in [0, 0.05) is 10.6 Å². The standard InChI is InChI=1S/C16H12ClFN2O/c1-9-5-6-11(8-13(9)18)15-14(16(19)21-20-15)10-3-2-4-12(17)7-10/h2-8H,19H2,1H3. The van der Waals surface area contributed by atoms with Gasteiger partial charge in [-0.25, -0.2) is 4.39 Å². The van der Waals surface area contributed by atoms with E-state index in [1.807, 2.05) is 12.1 Å². The van der Waals surface area contributed by atoms with Crippen LogP contribution in [0.5, 0.6) is 0 Å². The van der Waals surface area contributed by atoms with Gasteiger partial charge in [-0.1, -0.05) is 41.0 Å². The molecular weight excluding hydrogens is 291 g/mol. The molecule has 1 heterocycles. The van der Waals surface area contributed by atoms with Crippen molar-refractivity contribution in [2.45, 2.75) is 6.92 Å². The van der Waals surface area contributed by atoms with Crippen LogP contribution in [0.4, 0.5) is 10.3 Å². The first-order valence-corrected chi connectivity index (χ1v) is 6.71. The number of aromatic nitrogens is 1. The average molecular weight is 303 g/mol. The van der Waals surface area contributed by atoms with Crippen molar-refractivity contribution in [2.24, 2.45) is 0 Å². The number of benzene rings is 2.